The second-order valence-electron chi connectivity index (χ2n) is 8.54. The second kappa shape index (κ2) is 12.3. The van der Waals surface area contributed by atoms with Gasteiger partial charge in [-0.05, 0) is 84.8 Å². The lowest BCUT2D eigenvalue weighted by atomic mass is 10.1. The zero-order valence-electron chi connectivity index (χ0n) is 21.4. The Labute approximate surface area is 225 Å². The van der Waals surface area contributed by atoms with Crippen LogP contribution in [0, 0.1) is 13.8 Å². The van der Waals surface area contributed by atoms with E-state index in [4.69, 9.17) is 14.2 Å². The predicted molar refractivity (Wildman–Crippen MR) is 148 cm³/mol. The first-order valence-electron chi connectivity index (χ1n) is 11.9. The van der Waals surface area contributed by atoms with Gasteiger partial charge in [-0.3, -0.25) is 19.3 Å². The molecule has 1 fully saturated rings. The fraction of sp³-hybridized carbons (Fsp3) is 0.207. The minimum Gasteiger partial charge on any atom is -0.493 e. The fourth-order valence-corrected chi connectivity index (χ4v) is 4.53. The number of ether oxygens (including phenoxy) is 3. The number of thioether (sulfide) groups is 1. The Hall–Kier alpha value is -4.24. The highest BCUT2D eigenvalue weighted by Crippen LogP contribution is 2.34. The van der Waals surface area contributed by atoms with Crippen LogP contribution in [0.2, 0.25) is 0 Å². The molecular formula is C29H28N2O6S. The van der Waals surface area contributed by atoms with Gasteiger partial charge in [0.05, 0.1) is 18.6 Å². The molecule has 1 saturated heterocycles. The first kappa shape index (κ1) is 26.8. The van der Waals surface area contributed by atoms with Gasteiger partial charge in [0.25, 0.3) is 17.1 Å². The molecule has 3 aromatic carbocycles. The molecule has 9 heteroatoms. The summed E-state index contributed by atoms with van der Waals surface area (Å²) in [4.78, 5) is 39.1. The molecule has 0 atom stereocenters. The van der Waals surface area contributed by atoms with Gasteiger partial charge in [-0.2, -0.15) is 0 Å². The smallest absolute Gasteiger partial charge is 0.293 e. The molecule has 0 bridgehead atoms. The Morgan fingerprint density at radius 3 is 2.47 bits per heavy atom. The van der Waals surface area contributed by atoms with Crippen LogP contribution in [0.15, 0.2) is 71.6 Å². The van der Waals surface area contributed by atoms with E-state index in [1.807, 2.05) is 62.4 Å². The van der Waals surface area contributed by atoms with Gasteiger partial charge in [-0.15, -0.1) is 0 Å². The van der Waals surface area contributed by atoms with Gasteiger partial charge in [0, 0.05) is 5.69 Å². The topological polar surface area (TPSA) is 94.2 Å². The summed E-state index contributed by atoms with van der Waals surface area (Å²) >= 11 is 0.875. The first-order chi connectivity index (χ1) is 18.3. The Morgan fingerprint density at radius 2 is 1.74 bits per heavy atom. The van der Waals surface area contributed by atoms with E-state index in [2.05, 4.69) is 5.32 Å². The van der Waals surface area contributed by atoms with Crippen LogP contribution in [0.25, 0.3) is 6.08 Å². The molecule has 1 N–H and O–H groups in total. The number of hydrogen-bond acceptors (Lipinski definition) is 7. The molecule has 38 heavy (non-hydrogen) atoms. The Bertz CT molecular complexity index is 1370. The van der Waals surface area contributed by atoms with Crippen LogP contribution in [0.3, 0.4) is 0 Å². The van der Waals surface area contributed by atoms with Crippen molar-refractivity contribution < 1.29 is 28.6 Å². The highest BCUT2D eigenvalue weighted by molar-refractivity contribution is 8.18. The molecule has 196 valence electrons. The highest BCUT2D eigenvalue weighted by Gasteiger charge is 2.34. The highest BCUT2D eigenvalue weighted by atomic mass is 32.2. The number of hydrogen-bond donors (Lipinski definition) is 1. The molecule has 4 rings (SSSR count). The minimum atomic E-state index is -0.376. The number of nitrogens with zero attached hydrogens (tertiary/aromatic N) is 1. The van der Waals surface area contributed by atoms with Crippen molar-refractivity contribution in [2.75, 3.05) is 32.2 Å². The van der Waals surface area contributed by atoms with Crippen molar-refractivity contribution in [1.29, 1.82) is 0 Å². The molecule has 3 amide bonds. The van der Waals surface area contributed by atoms with Gasteiger partial charge in [0.1, 0.15) is 12.4 Å². The maximum atomic E-state index is 12.8. The molecule has 0 saturated carbocycles. The number of methoxy groups -OCH3 is 1. The van der Waals surface area contributed by atoms with Crippen molar-refractivity contribution in [1.82, 2.24) is 4.90 Å². The number of imide groups is 1. The summed E-state index contributed by atoms with van der Waals surface area (Å²) in [6, 6.07) is 20.0. The van der Waals surface area contributed by atoms with E-state index in [0.717, 1.165) is 22.9 Å². The van der Waals surface area contributed by atoms with Crippen molar-refractivity contribution in [2.45, 2.75) is 13.8 Å². The summed E-state index contributed by atoms with van der Waals surface area (Å²) < 4.78 is 16.7. The number of anilines is 1. The lowest BCUT2D eigenvalue weighted by Crippen LogP contribution is -2.32. The van der Waals surface area contributed by atoms with Gasteiger partial charge in [0.2, 0.25) is 0 Å². The van der Waals surface area contributed by atoms with Crippen molar-refractivity contribution in [3.8, 4) is 17.2 Å². The number of para-hydroxylation sites is 1. The van der Waals surface area contributed by atoms with Crippen molar-refractivity contribution in [2.24, 2.45) is 0 Å². The van der Waals surface area contributed by atoms with Crippen molar-refractivity contribution in [3.63, 3.8) is 0 Å². The number of rotatable bonds is 10. The molecule has 0 unspecified atom stereocenters. The van der Waals surface area contributed by atoms with E-state index in [0.29, 0.717) is 33.4 Å². The normalized spacial score (nSPS) is 14.1. The van der Waals surface area contributed by atoms with Gasteiger partial charge in [0.15, 0.2) is 18.1 Å². The number of benzene rings is 3. The number of carbonyl (C=O) groups excluding carboxylic acids is 3. The molecule has 0 aromatic heterocycles. The van der Waals surface area contributed by atoms with Crippen LogP contribution in [-0.2, 0) is 9.59 Å². The summed E-state index contributed by atoms with van der Waals surface area (Å²) in [5.41, 5.74) is 3.58. The van der Waals surface area contributed by atoms with E-state index >= 15 is 0 Å². The third kappa shape index (κ3) is 6.74. The van der Waals surface area contributed by atoms with Crippen LogP contribution < -0.4 is 19.5 Å². The summed E-state index contributed by atoms with van der Waals surface area (Å²) in [5, 5.41) is 2.47. The molecule has 0 aliphatic carbocycles. The molecule has 0 spiro atoms. The van der Waals surface area contributed by atoms with Crippen LogP contribution in [0.1, 0.15) is 16.7 Å². The Balaban J connectivity index is 1.35. The predicted octanol–water partition coefficient (Wildman–Crippen LogP) is 5.44. The van der Waals surface area contributed by atoms with E-state index < -0.39 is 0 Å². The van der Waals surface area contributed by atoms with Crippen LogP contribution in [0.5, 0.6) is 17.2 Å². The Kier molecular flexibility index (Phi) is 8.70. The first-order valence-corrected chi connectivity index (χ1v) is 12.8. The molecule has 0 radical (unpaired) electrons. The fourth-order valence-electron chi connectivity index (χ4n) is 3.67. The lowest BCUT2D eigenvalue weighted by Gasteiger charge is -2.13. The number of amides is 3. The third-order valence-corrected chi connectivity index (χ3v) is 6.74. The second-order valence-corrected chi connectivity index (χ2v) is 9.53. The number of nitrogens with one attached hydrogen (secondary N) is 1. The standard InChI is InChI=1S/C29H28N2O6S/c1-19-9-11-22(15-20(19)2)30-27(32)18-37-24-12-10-21(16-25(24)35-3)17-26-28(33)31(29(34)38-26)13-14-36-23-7-5-4-6-8-23/h4-12,15-17H,13-14,18H2,1-3H3,(H,30,32)/b26-17-. The number of aryl methyl sites for hydroxylation is 2. The summed E-state index contributed by atoms with van der Waals surface area (Å²) in [6.07, 6.45) is 1.63. The summed E-state index contributed by atoms with van der Waals surface area (Å²) in [5.74, 6) is 0.773. The van der Waals surface area contributed by atoms with Crippen LogP contribution in [-0.4, -0.2) is 48.8 Å². The third-order valence-electron chi connectivity index (χ3n) is 5.84. The number of carbonyl (C=O) groups is 3. The van der Waals surface area contributed by atoms with Crippen LogP contribution in [0.4, 0.5) is 10.5 Å². The van der Waals surface area contributed by atoms with Crippen molar-refractivity contribution in [3.05, 3.63) is 88.3 Å². The monoisotopic (exact) mass is 532 g/mol. The average molecular weight is 533 g/mol. The molecule has 1 aliphatic heterocycles. The lowest BCUT2D eigenvalue weighted by molar-refractivity contribution is -0.123. The average Bonchev–Trinajstić information content (AvgIpc) is 3.17. The van der Waals surface area contributed by atoms with E-state index in [-0.39, 0.29) is 36.8 Å². The SMILES string of the molecule is COc1cc(/C=C2\SC(=O)N(CCOc3ccccc3)C2=O)ccc1OCC(=O)Nc1ccc(C)c(C)c1. The minimum absolute atomic E-state index is 0.150. The van der Waals surface area contributed by atoms with Gasteiger partial charge >= 0.3 is 0 Å². The van der Waals surface area contributed by atoms with Crippen molar-refractivity contribution >= 4 is 40.6 Å². The van der Waals surface area contributed by atoms with Crippen LogP contribution >= 0.6 is 11.8 Å². The van der Waals surface area contributed by atoms with Gasteiger partial charge < -0.3 is 19.5 Å². The Morgan fingerprint density at radius 1 is 0.947 bits per heavy atom. The van der Waals surface area contributed by atoms with E-state index in [1.54, 1.807) is 24.3 Å². The molecule has 3 aromatic rings. The van der Waals surface area contributed by atoms with Gasteiger partial charge in [-0.1, -0.05) is 30.3 Å². The largest absolute Gasteiger partial charge is 0.493 e. The zero-order chi connectivity index (χ0) is 27.1. The summed E-state index contributed by atoms with van der Waals surface area (Å²) in [7, 11) is 1.49. The van der Waals surface area contributed by atoms with E-state index in [1.165, 1.54) is 12.0 Å². The maximum Gasteiger partial charge on any atom is 0.293 e. The molecule has 1 heterocycles. The zero-order valence-corrected chi connectivity index (χ0v) is 22.2. The summed E-state index contributed by atoms with van der Waals surface area (Å²) in [6.45, 7) is 4.14. The maximum absolute atomic E-state index is 12.8. The van der Waals surface area contributed by atoms with Gasteiger partial charge in [-0.25, -0.2) is 0 Å². The molecule has 8 nitrogen and oxygen atoms in total. The van der Waals surface area contributed by atoms with E-state index in [9.17, 15) is 14.4 Å². The quantitative estimate of drug-likeness (QED) is 0.347. The molecular weight excluding hydrogens is 504 g/mol. The molecule has 1 aliphatic rings.